The lowest BCUT2D eigenvalue weighted by Crippen LogP contribution is -2.29. The van der Waals surface area contributed by atoms with Gasteiger partial charge in [-0.15, -0.1) is 0 Å². The third kappa shape index (κ3) is 35.8. The molecule has 0 bridgehead atoms. The maximum absolute atomic E-state index is 12.5. The van der Waals surface area contributed by atoms with E-state index in [1.54, 1.807) is 0 Å². The Kier molecular flexibility index (Phi) is 34.6. The third-order valence-corrected chi connectivity index (χ3v) is 8.39. The zero-order valence-corrected chi connectivity index (χ0v) is 31.5. The molecular formula is C39H69O9P. The number of esters is 1. The van der Waals surface area contributed by atoms with Gasteiger partial charge in [-0.2, -0.15) is 0 Å². The van der Waals surface area contributed by atoms with Crippen molar-refractivity contribution in [2.75, 3.05) is 33.0 Å². The molecule has 3 unspecified atom stereocenters. The Bertz CT molecular complexity index is 945. The number of aliphatic hydroxyl groups excluding tert-OH is 2. The molecule has 0 amide bonds. The number of phosphoric acid groups is 1. The van der Waals surface area contributed by atoms with Gasteiger partial charge < -0.3 is 24.6 Å². The van der Waals surface area contributed by atoms with E-state index in [0.717, 1.165) is 89.9 Å². The van der Waals surface area contributed by atoms with E-state index in [4.69, 9.17) is 23.6 Å². The number of carbonyl (C=O) groups is 1. The fourth-order valence-electron chi connectivity index (χ4n) is 4.57. The average Bonchev–Trinajstić information content (AvgIpc) is 3.09. The lowest BCUT2D eigenvalue weighted by atomic mass is 10.1. The first-order valence-electron chi connectivity index (χ1n) is 18.8. The monoisotopic (exact) mass is 712 g/mol. The molecule has 3 atom stereocenters. The summed E-state index contributed by atoms with van der Waals surface area (Å²) in [6.07, 6.45) is 38.9. The number of rotatable bonds is 35. The SMILES string of the molecule is CC/C=C\C/C=C\C/C=C\C/C=C\CCCCCOCC(COP(=O)(O)OCC(O)CO)OC(=O)CCCCCCC/C=C\CCCCC. The van der Waals surface area contributed by atoms with Crippen LogP contribution in [0, 0.1) is 0 Å². The molecule has 0 aromatic carbocycles. The van der Waals surface area contributed by atoms with Crippen molar-refractivity contribution in [1.82, 2.24) is 0 Å². The number of hydrogen-bond acceptors (Lipinski definition) is 8. The molecule has 0 aliphatic carbocycles. The molecule has 0 fully saturated rings. The Morgan fingerprint density at radius 2 is 1.16 bits per heavy atom. The highest BCUT2D eigenvalue weighted by Gasteiger charge is 2.26. The lowest BCUT2D eigenvalue weighted by molar-refractivity contribution is -0.154. The summed E-state index contributed by atoms with van der Waals surface area (Å²) in [5, 5.41) is 18.3. The van der Waals surface area contributed by atoms with Crippen molar-refractivity contribution in [2.45, 2.75) is 148 Å². The Balaban J connectivity index is 4.33. The van der Waals surface area contributed by atoms with Crippen molar-refractivity contribution in [1.29, 1.82) is 0 Å². The fourth-order valence-corrected chi connectivity index (χ4v) is 5.36. The molecule has 0 spiro atoms. The number of ether oxygens (including phenoxy) is 2. The lowest BCUT2D eigenvalue weighted by Gasteiger charge is -2.20. The maximum Gasteiger partial charge on any atom is 0.472 e. The molecule has 284 valence electrons. The summed E-state index contributed by atoms with van der Waals surface area (Å²) in [5.41, 5.74) is 0. The predicted octanol–water partition coefficient (Wildman–Crippen LogP) is 9.63. The number of carbonyl (C=O) groups excluding carboxylic acids is 1. The maximum atomic E-state index is 12.5. The molecule has 0 saturated heterocycles. The number of phosphoric ester groups is 1. The third-order valence-electron chi connectivity index (χ3n) is 7.44. The van der Waals surface area contributed by atoms with Gasteiger partial charge >= 0.3 is 13.8 Å². The van der Waals surface area contributed by atoms with Crippen LogP contribution in [0.15, 0.2) is 60.8 Å². The van der Waals surface area contributed by atoms with Crippen molar-refractivity contribution in [3.05, 3.63) is 60.8 Å². The summed E-state index contributed by atoms with van der Waals surface area (Å²) >= 11 is 0. The number of unbranched alkanes of at least 4 members (excludes halogenated alkanes) is 11. The van der Waals surface area contributed by atoms with Gasteiger partial charge in [-0.1, -0.05) is 113 Å². The first-order valence-corrected chi connectivity index (χ1v) is 20.3. The molecule has 0 aliphatic heterocycles. The van der Waals surface area contributed by atoms with Crippen molar-refractivity contribution in [3.8, 4) is 0 Å². The fraction of sp³-hybridized carbons (Fsp3) is 0.718. The standard InChI is InChI=1S/C39H69O9P/c1-3-5-7-9-11-13-15-17-18-19-20-22-24-26-28-30-32-45-35-38(36-47-49(43,44)46-34-37(41)33-40)48-39(42)31-29-27-25-23-21-16-14-12-10-8-6-4-2/h5,7,11-14,17-18,20,22,37-38,40-41H,3-4,6,8-10,15-16,19,21,23-36H2,1-2H3,(H,43,44)/b7-5-,13-11-,14-12-,18-17-,22-20-. The van der Waals surface area contributed by atoms with Gasteiger partial charge in [0.2, 0.25) is 0 Å². The zero-order valence-electron chi connectivity index (χ0n) is 30.6. The van der Waals surface area contributed by atoms with Crippen LogP contribution in [-0.4, -0.2) is 66.3 Å². The van der Waals surface area contributed by atoms with E-state index in [0.29, 0.717) is 13.0 Å². The van der Waals surface area contributed by atoms with Crippen molar-refractivity contribution >= 4 is 13.8 Å². The minimum absolute atomic E-state index is 0.0217. The van der Waals surface area contributed by atoms with Crippen LogP contribution in [0.3, 0.4) is 0 Å². The second-order valence-electron chi connectivity index (χ2n) is 12.2. The van der Waals surface area contributed by atoms with E-state index >= 15 is 0 Å². The smallest absolute Gasteiger partial charge is 0.457 e. The van der Waals surface area contributed by atoms with Gasteiger partial charge in [0, 0.05) is 13.0 Å². The van der Waals surface area contributed by atoms with E-state index in [2.05, 4.69) is 74.6 Å². The molecule has 0 heterocycles. The van der Waals surface area contributed by atoms with Gasteiger partial charge in [0.05, 0.1) is 26.4 Å². The Morgan fingerprint density at radius 3 is 1.78 bits per heavy atom. The second kappa shape index (κ2) is 36.0. The van der Waals surface area contributed by atoms with Crippen LogP contribution in [0.2, 0.25) is 0 Å². The molecule has 0 saturated carbocycles. The Morgan fingerprint density at radius 1 is 0.653 bits per heavy atom. The normalized spacial score (nSPS) is 15.0. The van der Waals surface area contributed by atoms with Crippen LogP contribution in [0.5, 0.6) is 0 Å². The highest BCUT2D eigenvalue weighted by Crippen LogP contribution is 2.43. The van der Waals surface area contributed by atoms with Crippen LogP contribution >= 0.6 is 7.82 Å². The molecule has 0 rings (SSSR count). The van der Waals surface area contributed by atoms with Crippen molar-refractivity contribution < 1.29 is 43.0 Å². The molecule has 49 heavy (non-hydrogen) atoms. The number of hydrogen-bond donors (Lipinski definition) is 3. The summed E-state index contributed by atoms with van der Waals surface area (Å²) in [5.74, 6) is -0.408. The molecule has 9 nitrogen and oxygen atoms in total. The highest BCUT2D eigenvalue weighted by molar-refractivity contribution is 7.47. The molecule has 10 heteroatoms. The summed E-state index contributed by atoms with van der Waals surface area (Å²) in [6.45, 7) is 3.25. The Hall–Kier alpha value is -1.84. The van der Waals surface area contributed by atoms with E-state index in [9.17, 15) is 19.4 Å². The molecular weight excluding hydrogens is 643 g/mol. The van der Waals surface area contributed by atoms with Crippen LogP contribution in [0.4, 0.5) is 0 Å². The quantitative estimate of drug-likeness (QED) is 0.0254. The van der Waals surface area contributed by atoms with E-state index in [-0.39, 0.29) is 13.0 Å². The molecule has 0 aromatic rings. The summed E-state index contributed by atoms with van der Waals surface area (Å²) in [4.78, 5) is 22.4. The van der Waals surface area contributed by atoms with Crippen molar-refractivity contribution in [3.63, 3.8) is 0 Å². The van der Waals surface area contributed by atoms with Gasteiger partial charge in [0.25, 0.3) is 0 Å². The van der Waals surface area contributed by atoms with Crippen LogP contribution < -0.4 is 0 Å². The van der Waals surface area contributed by atoms with Gasteiger partial charge in [-0.3, -0.25) is 13.8 Å². The van der Waals surface area contributed by atoms with Crippen LogP contribution in [0.1, 0.15) is 136 Å². The predicted molar refractivity (Wildman–Crippen MR) is 200 cm³/mol. The average molecular weight is 713 g/mol. The first-order chi connectivity index (χ1) is 23.8. The van der Waals surface area contributed by atoms with E-state index in [1.807, 2.05) is 0 Å². The number of allylic oxidation sites excluding steroid dienone is 10. The second-order valence-corrected chi connectivity index (χ2v) is 13.7. The van der Waals surface area contributed by atoms with Crippen LogP contribution in [-0.2, 0) is 27.9 Å². The topological polar surface area (TPSA) is 132 Å². The minimum atomic E-state index is -4.52. The summed E-state index contributed by atoms with van der Waals surface area (Å²) in [6, 6.07) is 0. The van der Waals surface area contributed by atoms with Gasteiger partial charge in [0.1, 0.15) is 12.2 Å². The molecule has 3 N–H and O–H groups in total. The first kappa shape index (κ1) is 47.2. The number of aliphatic hydroxyl groups is 2. The largest absolute Gasteiger partial charge is 0.472 e. The zero-order chi connectivity index (χ0) is 36.1. The summed E-state index contributed by atoms with van der Waals surface area (Å²) in [7, 11) is -4.52. The van der Waals surface area contributed by atoms with E-state index < -0.39 is 45.8 Å². The summed E-state index contributed by atoms with van der Waals surface area (Å²) < 4.78 is 33.2. The minimum Gasteiger partial charge on any atom is -0.457 e. The van der Waals surface area contributed by atoms with Gasteiger partial charge in [-0.25, -0.2) is 4.57 Å². The van der Waals surface area contributed by atoms with E-state index in [1.165, 1.54) is 19.3 Å². The highest BCUT2D eigenvalue weighted by atomic mass is 31.2. The van der Waals surface area contributed by atoms with Gasteiger partial charge in [0.15, 0.2) is 0 Å². The van der Waals surface area contributed by atoms with Gasteiger partial charge in [-0.05, 0) is 77.0 Å². The van der Waals surface area contributed by atoms with Crippen molar-refractivity contribution in [2.24, 2.45) is 0 Å². The van der Waals surface area contributed by atoms with Crippen LogP contribution in [0.25, 0.3) is 0 Å². The molecule has 0 radical (unpaired) electrons. The molecule has 0 aromatic heterocycles. The Labute approximate surface area is 298 Å². The molecule has 0 aliphatic rings.